The van der Waals surface area contributed by atoms with Crippen molar-refractivity contribution in [3.63, 3.8) is 0 Å². The molecule has 20 heavy (non-hydrogen) atoms. The molecule has 0 unspecified atom stereocenters. The van der Waals surface area contributed by atoms with Crippen molar-refractivity contribution in [3.8, 4) is 5.82 Å². The Morgan fingerprint density at radius 3 is 2.90 bits per heavy atom. The number of amides is 1. The Labute approximate surface area is 119 Å². The number of hydrogen-bond donors (Lipinski definition) is 1. The number of rotatable bonds is 2. The predicted molar refractivity (Wildman–Crippen MR) is 76.6 cm³/mol. The predicted octanol–water partition coefficient (Wildman–Crippen LogP) is 1.80. The zero-order chi connectivity index (χ0) is 14.4. The van der Waals surface area contributed by atoms with Gasteiger partial charge in [-0.3, -0.25) is 9.36 Å². The van der Waals surface area contributed by atoms with Gasteiger partial charge in [0.15, 0.2) is 0 Å². The van der Waals surface area contributed by atoms with Crippen molar-refractivity contribution in [2.24, 2.45) is 5.73 Å². The van der Waals surface area contributed by atoms with E-state index in [0.29, 0.717) is 17.5 Å². The molecule has 6 nitrogen and oxygen atoms in total. The minimum Gasteiger partial charge on any atom is -0.379 e. The molecule has 1 atom stereocenters. The van der Waals surface area contributed by atoms with Crippen LogP contribution >= 0.6 is 0 Å². The van der Waals surface area contributed by atoms with Gasteiger partial charge in [0.1, 0.15) is 12.1 Å². The van der Waals surface area contributed by atoms with Crippen molar-refractivity contribution in [1.29, 1.82) is 0 Å². The first-order chi connectivity index (χ1) is 9.66. The van der Waals surface area contributed by atoms with Crippen molar-refractivity contribution in [2.45, 2.75) is 25.9 Å². The summed E-state index contributed by atoms with van der Waals surface area (Å²) in [5.41, 5.74) is 5.58. The Kier molecular flexibility index (Phi) is 4.84. The van der Waals surface area contributed by atoms with E-state index in [2.05, 4.69) is 16.9 Å². The third-order valence-corrected chi connectivity index (χ3v) is 2.96. The summed E-state index contributed by atoms with van der Waals surface area (Å²) in [6, 6.07) is 3.19. The Hall–Kier alpha value is -2.21. The van der Waals surface area contributed by atoms with Crippen LogP contribution in [-0.2, 0) is 4.74 Å². The van der Waals surface area contributed by atoms with Crippen LogP contribution in [0.4, 0.5) is 0 Å². The Morgan fingerprint density at radius 2 is 2.40 bits per heavy atom. The van der Waals surface area contributed by atoms with Gasteiger partial charge in [-0.2, -0.15) is 0 Å². The molecule has 2 N–H and O–H groups in total. The highest BCUT2D eigenvalue weighted by molar-refractivity contribution is 5.93. The second-order valence-electron chi connectivity index (χ2n) is 4.56. The van der Waals surface area contributed by atoms with Gasteiger partial charge in [-0.15, -0.1) is 0 Å². The number of primary amides is 1. The molecule has 1 fully saturated rings. The number of carbonyl (C=O) groups excluding carboxylic acids is 1. The molecule has 0 spiro atoms. The first-order valence-electron chi connectivity index (χ1n) is 6.52. The summed E-state index contributed by atoms with van der Waals surface area (Å²) in [6.45, 7) is 3.11. The third-order valence-electron chi connectivity index (χ3n) is 2.96. The van der Waals surface area contributed by atoms with Crippen LogP contribution < -0.4 is 5.73 Å². The average molecular weight is 276 g/mol. The van der Waals surface area contributed by atoms with Crippen molar-refractivity contribution < 1.29 is 11.0 Å². The average Bonchev–Trinajstić information content (AvgIpc) is 3.12. The van der Waals surface area contributed by atoms with Gasteiger partial charge in [0, 0.05) is 32.2 Å². The molecule has 1 amide bonds. The lowest BCUT2D eigenvalue weighted by molar-refractivity contribution is 0.1000. The van der Waals surface area contributed by atoms with E-state index < -0.39 is 5.91 Å². The van der Waals surface area contributed by atoms with Gasteiger partial charge in [0.25, 0.3) is 0 Å². The van der Waals surface area contributed by atoms with Crippen molar-refractivity contribution in [3.05, 3.63) is 42.6 Å². The second kappa shape index (κ2) is 6.81. The maximum Gasteiger partial charge on any atom is 0.248 e. The van der Waals surface area contributed by atoms with Crippen molar-refractivity contribution in [1.82, 2.24) is 14.5 Å². The van der Waals surface area contributed by atoms with Crippen LogP contribution in [-0.4, -0.2) is 33.2 Å². The molecule has 0 aliphatic carbocycles. The van der Waals surface area contributed by atoms with Crippen LogP contribution in [0.1, 0.15) is 31.6 Å². The molecule has 6 heteroatoms. The van der Waals surface area contributed by atoms with Crippen molar-refractivity contribution in [2.75, 3.05) is 6.61 Å². The smallest absolute Gasteiger partial charge is 0.248 e. The van der Waals surface area contributed by atoms with Crippen LogP contribution in [0, 0.1) is 0 Å². The maximum atomic E-state index is 10.9. The summed E-state index contributed by atoms with van der Waals surface area (Å²) in [5.74, 6) is 0.160. The normalized spacial score (nSPS) is 17.4. The number of nitrogens with zero attached hydrogens (tertiary/aromatic N) is 3. The van der Waals surface area contributed by atoms with Gasteiger partial charge in [-0.05, 0) is 31.9 Å². The molecule has 2 aromatic heterocycles. The van der Waals surface area contributed by atoms with Crippen LogP contribution in [0.15, 0.2) is 37.1 Å². The second-order valence-corrected chi connectivity index (χ2v) is 4.56. The summed E-state index contributed by atoms with van der Waals surface area (Å²) in [4.78, 5) is 18.9. The molecule has 3 rings (SSSR count). The SMILES string of the molecule is C[C@H]1CCCO1.NC(=O)c1ccnc(-n2ccnc2)c1.[HH]. The number of pyridine rings is 1. The third kappa shape index (κ3) is 3.89. The van der Waals surface area contributed by atoms with E-state index in [0.717, 1.165) is 6.61 Å². The molecule has 108 valence electrons. The molecule has 3 heterocycles. The van der Waals surface area contributed by atoms with Crippen LogP contribution in [0.25, 0.3) is 5.82 Å². The van der Waals surface area contributed by atoms with Crippen LogP contribution in [0.3, 0.4) is 0 Å². The maximum absolute atomic E-state index is 10.9. The standard InChI is InChI=1S/C9H8N4O.C5H10O.H2/c10-9(14)7-1-2-12-8(5-7)13-4-3-11-6-13;1-5-3-2-4-6-5;/h1-6H,(H2,10,14);5H,2-4H2,1H3;1H/t;5-;/m.0./s1. The van der Waals surface area contributed by atoms with E-state index in [9.17, 15) is 4.79 Å². The summed E-state index contributed by atoms with van der Waals surface area (Å²) in [7, 11) is 0. The van der Waals surface area contributed by atoms with Gasteiger partial charge in [-0.25, -0.2) is 9.97 Å². The molecule has 0 radical (unpaired) electrons. The number of hydrogen-bond acceptors (Lipinski definition) is 4. The molecule has 0 aromatic carbocycles. The largest absolute Gasteiger partial charge is 0.379 e. The Morgan fingerprint density at radius 1 is 1.55 bits per heavy atom. The van der Waals surface area contributed by atoms with E-state index in [-0.39, 0.29) is 1.43 Å². The van der Waals surface area contributed by atoms with E-state index in [1.54, 1.807) is 35.4 Å². The van der Waals surface area contributed by atoms with Gasteiger partial charge in [0.2, 0.25) is 5.91 Å². The minimum absolute atomic E-state index is 0. The Bertz CT molecular complexity index is 554. The summed E-state index contributed by atoms with van der Waals surface area (Å²) in [5, 5.41) is 0. The lowest BCUT2D eigenvalue weighted by atomic mass is 10.2. The monoisotopic (exact) mass is 276 g/mol. The van der Waals surface area contributed by atoms with Gasteiger partial charge in [-0.1, -0.05) is 0 Å². The zero-order valence-electron chi connectivity index (χ0n) is 11.4. The molecule has 1 aliphatic heterocycles. The lowest BCUT2D eigenvalue weighted by Gasteiger charge is -2.01. The topological polar surface area (TPSA) is 83.0 Å². The minimum atomic E-state index is -0.464. The highest BCUT2D eigenvalue weighted by Gasteiger charge is 2.07. The van der Waals surface area contributed by atoms with E-state index in [1.165, 1.54) is 19.0 Å². The highest BCUT2D eigenvalue weighted by Crippen LogP contribution is 2.09. The molecular weight excluding hydrogens is 256 g/mol. The molecular formula is C14H20N4O2. The molecule has 0 bridgehead atoms. The van der Waals surface area contributed by atoms with E-state index in [4.69, 9.17) is 10.5 Å². The fourth-order valence-electron chi connectivity index (χ4n) is 1.85. The summed E-state index contributed by atoms with van der Waals surface area (Å²) >= 11 is 0. The van der Waals surface area contributed by atoms with Crippen molar-refractivity contribution >= 4 is 5.91 Å². The Balaban J connectivity index is 0.000000267. The fourth-order valence-corrected chi connectivity index (χ4v) is 1.85. The number of imidazole rings is 1. The molecule has 1 saturated heterocycles. The van der Waals surface area contributed by atoms with E-state index >= 15 is 0 Å². The van der Waals surface area contributed by atoms with Gasteiger partial charge in [0.05, 0.1) is 6.10 Å². The van der Waals surface area contributed by atoms with Crippen LogP contribution in [0.2, 0.25) is 0 Å². The van der Waals surface area contributed by atoms with Crippen LogP contribution in [0.5, 0.6) is 0 Å². The number of nitrogens with two attached hydrogens (primary N) is 1. The lowest BCUT2D eigenvalue weighted by Crippen LogP contribution is -2.11. The first kappa shape index (κ1) is 14.2. The molecule has 2 aromatic rings. The fraction of sp³-hybridized carbons (Fsp3) is 0.357. The molecule has 0 saturated carbocycles. The number of ether oxygens (including phenoxy) is 1. The highest BCUT2D eigenvalue weighted by atomic mass is 16.5. The summed E-state index contributed by atoms with van der Waals surface area (Å²) in [6.07, 6.45) is 9.60. The van der Waals surface area contributed by atoms with E-state index in [1.807, 2.05) is 0 Å². The quantitative estimate of drug-likeness (QED) is 0.906. The van der Waals surface area contributed by atoms with Gasteiger partial charge >= 0.3 is 0 Å². The first-order valence-corrected chi connectivity index (χ1v) is 6.52. The zero-order valence-corrected chi connectivity index (χ0v) is 11.4. The van der Waals surface area contributed by atoms with Gasteiger partial charge < -0.3 is 10.5 Å². The summed E-state index contributed by atoms with van der Waals surface area (Å²) < 4.78 is 6.85. The number of aromatic nitrogens is 3. The number of carbonyl (C=O) groups is 1. The molecule has 1 aliphatic rings.